The summed E-state index contributed by atoms with van der Waals surface area (Å²) in [4.78, 5) is 10.8. The van der Waals surface area contributed by atoms with Crippen LogP contribution < -0.4 is 5.73 Å². The van der Waals surface area contributed by atoms with E-state index in [2.05, 4.69) is 6.92 Å². The van der Waals surface area contributed by atoms with Gasteiger partial charge in [-0.15, -0.1) is 0 Å². The van der Waals surface area contributed by atoms with Gasteiger partial charge in [-0.3, -0.25) is 0 Å². The zero-order valence-corrected chi connectivity index (χ0v) is 12.3. The fraction of sp³-hybridized carbons (Fsp3) is 0.933. The van der Waals surface area contributed by atoms with Crippen molar-refractivity contribution in [2.45, 2.75) is 76.7 Å². The van der Waals surface area contributed by atoms with Crippen LogP contribution in [0.25, 0.3) is 0 Å². The molecule has 2 N–H and O–H groups in total. The maximum Gasteiger partial charge on any atom is 0.508 e. The van der Waals surface area contributed by atoms with Gasteiger partial charge in [0.05, 0.1) is 5.54 Å². The third kappa shape index (κ3) is 7.41. The van der Waals surface area contributed by atoms with Crippen LogP contribution in [0.5, 0.6) is 0 Å². The molecule has 0 spiro atoms. The average molecular weight is 271 g/mol. The van der Waals surface area contributed by atoms with Crippen molar-refractivity contribution in [3.63, 3.8) is 0 Å². The standard InChI is InChI=1S/C15H29NO3/c1-2-3-4-5-6-7-8-9-10-11-15(16)12-18-14(17)19-13-15/h2-13,16H2,1H3. The molecule has 0 radical (unpaired) electrons. The fourth-order valence-electron chi connectivity index (χ4n) is 2.42. The molecule has 0 aromatic heterocycles. The van der Waals surface area contributed by atoms with Gasteiger partial charge in [-0.05, 0) is 6.42 Å². The molecule has 1 fully saturated rings. The van der Waals surface area contributed by atoms with Gasteiger partial charge in [0.2, 0.25) is 0 Å². The summed E-state index contributed by atoms with van der Waals surface area (Å²) in [5.41, 5.74) is 5.65. The summed E-state index contributed by atoms with van der Waals surface area (Å²) < 4.78 is 9.68. The summed E-state index contributed by atoms with van der Waals surface area (Å²) in [5, 5.41) is 0. The lowest BCUT2D eigenvalue weighted by Crippen LogP contribution is -2.53. The highest BCUT2D eigenvalue weighted by molar-refractivity contribution is 5.60. The minimum absolute atomic E-state index is 0.294. The predicted molar refractivity (Wildman–Crippen MR) is 76.1 cm³/mol. The van der Waals surface area contributed by atoms with Crippen molar-refractivity contribution in [3.8, 4) is 0 Å². The maximum absolute atomic E-state index is 10.8. The summed E-state index contributed by atoms with van der Waals surface area (Å²) in [6.07, 6.45) is 12.0. The molecule has 0 saturated carbocycles. The first kappa shape index (κ1) is 16.3. The first-order chi connectivity index (χ1) is 9.16. The zero-order chi connectivity index (χ0) is 14.0. The third-order valence-electron chi connectivity index (χ3n) is 3.73. The lowest BCUT2D eigenvalue weighted by atomic mass is 9.94. The molecule has 0 bridgehead atoms. The largest absolute Gasteiger partial charge is 0.508 e. The molecule has 0 aliphatic carbocycles. The molecule has 0 unspecified atom stereocenters. The van der Waals surface area contributed by atoms with E-state index >= 15 is 0 Å². The number of carbonyl (C=O) groups excluding carboxylic acids is 1. The Morgan fingerprint density at radius 3 is 1.95 bits per heavy atom. The molecule has 4 heteroatoms. The number of cyclic esters (lactones) is 2. The lowest BCUT2D eigenvalue weighted by molar-refractivity contribution is -0.0269. The van der Waals surface area contributed by atoms with E-state index in [-0.39, 0.29) is 0 Å². The Morgan fingerprint density at radius 1 is 0.947 bits per heavy atom. The van der Waals surface area contributed by atoms with Gasteiger partial charge in [0.1, 0.15) is 13.2 Å². The van der Waals surface area contributed by atoms with Crippen LogP contribution >= 0.6 is 0 Å². The van der Waals surface area contributed by atoms with E-state index in [1.807, 2.05) is 0 Å². The van der Waals surface area contributed by atoms with Crippen LogP contribution in [0, 0.1) is 0 Å². The van der Waals surface area contributed by atoms with Gasteiger partial charge < -0.3 is 15.2 Å². The second kappa shape index (κ2) is 9.18. The van der Waals surface area contributed by atoms with E-state index < -0.39 is 11.7 Å². The summed E-state index contributed by atoms with van der Waals surface area (Å²) in [7, 11) is 0. The van der Waals surface area contributed by atoms with Gasteiger partial charge in [0.15, 0.2) is 0 Å². The first-order valence-corrected chi connectivity index (χ1v) is 7.75. The predicted octanol–water partition coefficient (Wildman–Crippen LogP) is 3.77. The van der Waals surface area contributed by atoms with E-state index in [0.717, 1.165) is 12.8 Å². The molecule has 19 heavy (non-hydrogen) atoms. The molecule has 0 aromatic carbocycles. The molecule has 1 aliphatic rings. The van der Waals surface area contributed by atoms with Crippen LogP contribution in [0.1, 0.15) is 71.1 Å². The number of carbonyl (C=O) groups is 1. The second-order valence-corrected chi connectivity index (χ2v) is 5.77. The van der Waals surface area contributed by atoms with Crippen molar-refractivity contribution in [1.29, 1.82) is 0 Å². The van der Waals surface area contributed by atoms with Crippen molar-refractivity contribution in [2.75, 3.05) is 13.2 Å². The summed E-state index contributed by atoms with van der Waals surface area (Å²) in [6, 6.07) is 0. The lowest BCUT2D eigenvalue weighted by Gasteiger charge is -2.31. The molecular formula is C15H29NO3. The number of hydrogen-bond acceptors (Lipinski definition) is 4. The Labute approximate surface area is 117 Å². The highest BCUT2D eigenvalue weighted by Crippen LogP contribution is 2.19. The monoisotopic (exact) mass is 271 g/mol. The minimum atomic E-state index is -0.590. The van der Waals surface area contributed by atoms with Gasteiger partial charge in [-0.1, -0.05) is 64.7 Å². The number of ether oxygens (including phenoxy) is 2. The molecule has 1 rings (SSSR count). The Kier molecular flexibility index (Phi) is 7.87. The summed E-state index contributed by atoms with van der Waals surface area (Å²) in [5.74, 6) is 0. The van der Waals surface area contributed by atoms with Gasteiger partial charge in [0, 0.05) is 0 Å². The molecular weight excluding hydrogens is 242 g/mol. The summed E-state index contributed by atoms with van der Waals surface area (Å²) >= 11 is 0. The van der Waals surface area contributed by atoms with Gasteiger partial charge >= 0.3 is 6.16 Å². The molecule has 1 aliphatic heterocycles. The van der Waals surface area contributed by atoms with Gasteiger partial charge in [0.25, 0.3) is 0 Å². The van der Waals surface area contributed by atoms with Crippen LogP contribution in [-0.2, 0) is 9.47 Å². The first-order valence-electron chi connectivity index (χ1n) is 7.75. The molecule has 112 valence electrons. The molecule has 1 saturated heterocycles. The zero-order valence-electron chi connectivity index (χ0n) is 12.3. The van der Waals surface area contributed by atoms with E-state index in [0.29, 0.717) is 13.2 Å². The molecule has 0 atom stereocenters. The Hall–Kier alpha value is -0.770. The minimum Gasteiger partial charge on any atom is -0.432 e. The molecule has 4 nitrogen and oxygen atoms in total. The van der Waals surface area contributed by atoms with Crippen LogP contribution in [0.15, 0.2) is 0 Å². The number of unbranched alkanes of at least 4 members (excludes halogenated alkanes) is 8. The van der Waals surface area contributed by atoms with Crippen LogP contribution in [0.4, 0.5) is 4.79 Å². The quantitative estimate of drug-likeness (QED) is 0.485. The van der Waals surface area contributed by atoms with Gasteiger partial charge in [-0.2, -0.15) is 0 Å². The smallest absolute Gasteiger partial charge is 0.432 e. The SMILES string of the molecule is CCCCCCCCCCCC1(N)COC(=O)OC1. The van der Waals surface area contributed by atoms with Crippen LogP contribution in [0.3, 0.4) is 0 Å². The summed E-state index contributed by atoms with van der Waals surface area (Å²) in [6.45, 7) is 2.83. The van der Waals surface area contributed by atoms with E-state index in [4.69, 9.17) is 15.2 Å². The number of rotatable bonds is 10. The van der Waals surface area contributed by atoms with E-state index in [1.54, 1.807) is 0 Å². The molecule has 0 amide bonds. The average Bonchev–Trinajstić information content (AvgIpc) is 2.41. The number of nitrogens with two attached hydrogens (primary N) is 1. The topological polar surface area (TPSA) is 61.5 Å². The normalized spacial score (nSPS) is 17.9. The van der Waals surface area contributed by atoms with Gasteiger partial charge in [-0.25, -0.2) is 4.79 Å². The Balaban J connectivity index is 1.91. The van der Waals surface area contributed by atoms with Crippen molar-refractivity contribution in [3.05, 3.63) is 0 Å². The maximum atomic E-state index is 10.8. The second-order valence-electron chi connectivity index (χ2n) is 5.77. The highest BCUT2D eigenvalue weighted by atomic mass is 16.7. The molecule has 0 aromatic rings. The Morgan fingerprint density at radius 2 is 1.42 bits per heavy atom. The fourth-order valence-corrected chi connectivity index (χ4v) is 2.42. The van der Waals surface area contributed by atoms with Crippen molar-refractivity contribution in [2.24, 2.45) is 5.73 Å². The van der Waals surface area contributed by atoms with Crippen LogP contribution in [0.2, 0.25) is 0 Å². The Bertz CT molecular complexity index is 246. The van der Waals surface area contributed by atoms with Crippen molar-refractivity contribution < 1.29 is 14.3 Å². The van der Waals surface area contributed by atoms with E-state index in [9.17, 15) is 4.79 Å². The van der Waals surface area contributed by atoms with Crippen LogP contribution in [-0.4, -0.2) is 24.9 Å². The van der Waals surface area contributed by atoms with Crippen molar-refractivity contribution in [1.82, 2.24) is 0 Å². The van der Waals surface area contributed by atoms with E-state index in [1.165, 1.54) is 51.4 Å². The number of hydrogen-bond donors (Lipinski definition) is 1. The highest BCUT2D eigenvalue weighted by Gasteiger charge is 2.33. The molecule has 1 heterocycles. The third-order valence-corrected chi connectivity index (χ3v) is 3.73. The van der Waals surface area contributed by atoms with Crippen molar-refractivity contribution >= 4 is 6.16 Å².